The summed E-state index contributed by atoms with van der Waals surface area (Å²) in [5.41, 5.74) is 0.857. The first-order valence-corrected chi connectivity index (χ1v) is 16.8. The number of methoxy groups -OCH3 is 1. The van der Waals surface area contributed by atoms with Crippen LogP contribution in [0, 0.1) is 0 Å². The Balaban J connectivity index is 3.50. The number of rotatable bonds is 9. The Morgan fingerprint density at radius 2 is 1.59 bits per heavy atom. The van der Waals surface area contributed by atoms with Gasteiger partial charge in [0.15, 0.2) is 0 Å². The van der Waals surface area contributed by atoms with E-state index in [1.807, 2.05) is 37.3 Å². The average Bonchev–Trinajstić information content (AvgIpc) is 2.56. The maximum atomic E-state index is 13.2. The molecular formula is C21H36O4Si2. The van der Waals surface area contributed by atoms with E-state index < -0.39 is 21.2 Å². The third kappa shape index (κ3) is 5.78. The number of benzene rings is 1. The van der Waals surface area contributed by atoms with Crippen LogP contribution in [-0.2, 0) is 25.5 Å². The molecule has 0 saturated heterocycles. The molecule has 0 aliphatic carbocycles. The molecule has 0 bridgehead atoms. The average molecular weight is 409 g/mol. The number of carbonyl (C=O) groups excluding carboxylic acids is 2. The van der Waals surface area contributed by atoms with Gasteiger partial charge in [0.2, 0.25) is 0 Å². The maximum Gasteiger partial charge on any atom is 0.309 e. The van der Waals surface area contributed by atoms with Gasteiger partial charge in [0.25, 0.3) is 0 Å². The lowest BCUT2D eigenvalue weighted by Crippen LogP contribution is -2.51. The second-order valence-electron chi connectivity index (χ2n) is 9.36. The summed E-state index contributed by atoms with van der Waals surface area (Å²) in [7, 11) is -2.53. The van der Waals surface area contributed by atoms with Crippen LogP contribution in [0.3, 0.4) is 0 Å². The number of ether oxygens (including phenoxy) is 2. The second kappa shape index (κ2) is 9.19. The maximum absolute atomic E-state index is 13.2. The second-order valence-corrected chi connectivity index (χ2v) is 20.2. The molecule has 0 fully saturated rings. The molecule has 0 radical (unpaired) electrons. The van der Waals surface area contributed by atoms with Crippen molar-refractivity contribution < 1.29 is 19.1 Å². The molecule has 0 heterocycles. The Labute approximate surface area is 166 Å². The monoisotopic (exact) mass is 408 g/mol. The van der Waals surface area contributed by atoms with E-state index in [2.05, 4.69) is 39.3 Å². The standard InChI is InChI=1S/C21H36O4Si2/c1-9-25-19(22)18(26(3,4)5)16-21(20(23)24-2,27(6,7)8)15-17-13-11-10-12-14-17/h10-14,18H,9,15-16H2,1-8H3/t18-,21-/m0/s1. The highest BCUT2D eigenvalue weighted by Gasteiger charge is 2.54. The quantitative estimate of drug-likeness (QED) is 0.419. The molecule has 1 aromatic rings. The molecule has 0 unspecified atom stereocenters. The van der Waals surface area contributed by atoms with E-state index in [1.54, 1.807) is 0 Å². The highest BCUT2D eigenvalue weighted by atomic mass is 28.3. The van der Waals surface area contributed by atoms with E-state index in [0.717, 1.165) is 5.56 Å². The van der Waals surface area contributed by atoms with Crippen LogP contribution < -0.4 is 0 Å². The first kappa shape index (κ1) is 23.6. The molecule has 0 aromatic heterocycles. The van der Waals surface area contributed by atoms with Gasteiger partial charge in [-0.1, -0.05) is 69.6 Å². The number of hydrogen-bond donors (Lipinski definition) is 0. The molecule has 4 nitrogen and oxygen atoms in total. The molecule has 6 heteroatoms. The predicted octanol–water partition coefficient (Wildman–Crippen LogP) is 5.14. The Bertz CT molecular complexity index is 632. The van der Waals surface area contributed by atoms with E-state index in [4.69, 9.17) is 9.47 Å². The molecule has 0 N–H and O–H groups in total. The van der Waals surface area contributed by atoms with Crippen LogP contribution in [-0.4, -0.2) is 41.8 Å². The van der Waals surface area contributed by atoms with E-state index in [9.17, 15) is 9.59 Å². The SMILES string of the molecule is CCOC(=O)[C@H](C[C@@](Cc1ccccc1)(C(=O)OC)[Si](C)(C)C)[Si](C)(C)C. The zero-order chi connectivity index (χ0) is 20.9. The largest absolute Gasteiger partial charge is 0.469 e. The minimum Gasteiger partial charge on any atom is -0.469 e. The van der Waals surface area contributed by atoms with Crippen LogP contribution in [0.25, 0.3) is 0 Å². The zero-order valence-corrected chi connectivity index (χ0v) is 20.2. The summed E-state index contributed by atoms with van der Waals surface area (Å²) in [5, 5.41) is -0.680. The van der Waals surface area contributed by atoms with Crippen LogP contribution in [0.5, 0.6) is 0 Å². The Hall–Kier alpha value is -1.41. The fourth-order valence-electron chi connectivity index (χ4n) is 3.58. The van der Waals surface area contributed by atoms with Gasteiger partial charge >= 0.3 is 11.9 Å². The molecule has 0 aliphatic rings. The molecule has 152 valence electrons. The van der Waals surface area contributed by atoms with Crippen LogP contribution in [0.4, 0.5) is 0 Å². The summed E-state index contributed by atoms with van der Waals surface area (Å²) in [6.07, 6.45) is 1.09. The van der Waals surface area contributed by atoms with Crippen molar-refractivity contribution >= 4 is 28.1 Å². The Morgan fingerprint density at radius 1 is 1.04 bits per heavy atom. The van der Waals surface area contributed by atoms with Crippen LogP contribution >= 0.6 is 0 Å². The van der Waals surface area contributed by atoms with Crippen LogP contribution in [0.2, 0.25) is 49.9 Å². The first-order chi connectivity index (χ1) is 12.4. The summed E-state index contributed by atoms with van der Waals surface area (Å²) in [6, 6.07) is 10.0. The summed E-state index contributed by atoms with van der Waals surface area (Å²) < 4.78 is 10.7. The minimum atomic E-state index is -2.07. The highest BCUT2D eigenvalue weighted by Crippen LogP contribution is 2.51. The molecule has 0 spiro atoms. The fourth-order valence-corrected chi connectivity index (χ4v) is 7.80. The zero-order valence-electron chi connectivity index (χ0n) is 18.2. The smallest absolute Gasteiger partial charge is 0.309 e. The highest BCUT2D eigenvalue weighted by molar-refractivity contribution is 6.83. The van der Waals surface area contributed by atoms with Gasteiger partial charge in [0.05, 0.1) is 40.4 Å². The molecule has 1 rings (SSSR count). The number of hydrogen-bond acceptors (Lipinski definition) is 4. The lowest BCUT2D eigenvalue weighted by molar-refractivity contribution is -0.146. The lowest BCUT2D eigenvalue weighted by atomic mass is 9.93. The van der Waals surface area contributed by atoms with Gasteiger partial charge in [0.1, 0.15) is 0 Å². The van der Waals surface area contributed by atoms with Crippen molar-refractivity contribution in [3.63, 3.8) is 0 Å². The molecular weight excluding hydrogens is 372 g/mol. The minimum absolute atomic E-state index is 0.170. The van der Waals surface area contributed by atoms with Crippen molar-refractivity contribution in [3.05, 3.63) is 35.9 Å². The van der Waals surface area contributed by atoms with Crippen LogP contribution in [0.1, 0.15) is 18.9 Å². The van der Waals surface area contributed by atoms with E-state index >= 15 is 0 Å². The van der Waals surface area contributed by atoms with E-state index in [1.165, 1.54) is 7.11 Å². The van der Waals surface area contributed by atoms with Crippen molar-refractivity contribution in [1.82, 2.24) is 0 Å². The summed E-state index contributed by atoms with van der Waals surface area (Å²) in [6.45, 7) is 15.3. The van der Waals surface area contributed by atoms with Crippen molar-refractivity contribution in [2.24, 2.45) is 0 Å². The topological polar surface area (TPSA) is 52.6 Å². The van der Waals surface area contributed by atoms with Gasteiger partial charge in [-0.25, -0.2) is 0 Å². The lowest BCUT2D eigenvalue weighted by Gasteiger charge is -2.44. The molecule has 0 amide bonds. The van der Waals surface area contributed by atoms with Gasteiger partial charge in [-0.15, -0.1) is 0 Å². The molecule has 1 aromatic carbocycles. The van der Waals surface area contributed by atoms with Gasteiger partial charge in [-0.2, -0.15) is 0 Å². The normalized spacial score (nSPS) is 15.6. The third-order valence-electron chi connectivity index (χ3n) is 5.53. The first-order valence-electron chi connectivity index (χ1n) is 9.68. The number of esters is 2. The Morgan fingerprint density at radius 3 is 2.00 bits per heavy atom. The van der Waals surface area contributed by atoms with E-state index in [0.29, 0.717) is 19.4 Å². The van der Waals surface area contributed by atoms with Crippen molar-refractivity contribution in [2.75, 3.05) is 13.7 Å². The summed E-state index contributed by atoms with van der Waals surface area (Å²) in [4.78, 5) is 26.0. The predicted molar refractivity (Wildman–Crippen MR) is 117 cm³/mol. The van der Waals surface area contributed by atoms with Gasteiger partial charge in [-0.3, -0.25) is 9.59 Å². The summed E-state index contributed by atoms with van der Waals surface area (Å²) >= 11 is 0. The van der Waals surface area contributed by atoms with Gasteiger partial charge in [0, 0.05) is 0 Å². The molecule has 2 atom stereocenters. The number of carbonyl (C=O) groups is 2. The molecule has 27 heavy (non-hydrogen) atoms. The van der Waals surface area contributed by atoms with Gasteiger partial charge < -0.3 is 9.47 Å². The summed E-state index contributed by atoms with van der Waals surface area (Å²) in [5.74, 6) is -0.366. The van der Waals surface area contributed by atoms with Crippen molar-refractivity contribution in [1.29, 1.82) is 0 Å². The van der Waals surface area contributed by atoms with Crippen molar-refractivity contribution in [2.45, 2.75) is 69.6 Å². The molecule has 0 aliphatic heterocycles. The van der Waals surface area contributed by atoms with Crippen LogP contribution in [0.15, 0.2) is 30.3 Å². The third-order valence-corrected chi connectivity index (χ3v) is 11.5. The van der Waals surface area contributed by atoms with Crippen molar-refractivity contribution in [3.8, 4) is 0 Å². The Kier molecular flexibility index (Phi) is 8.05. The fraction of sp³-hybridized carbons (Fsp3) is 0.619. The van der Waals surface area contributed by atoms with Gasteiger partial charge in [-0.05, 0) is 25.3 Å². The molecule has 0 saturated carbocycles. The van der Waals surface area contributed by atoms with E-state index in [-0.39, 0.29) is 17.5 Å².